The third kappa shape index (κ3) is 2.87. The molecule has 98 valence electrons. The van der Waals surface area contributed by atoms with E-state index in [0.29, 0.717) is 6.54 Å². The lowest BCUT2D eigenvalue weighted by Crippen LogP contribution is -2.06. The van der Waals surface area contributed by atoms with Crippen LogP contribution in [0.4, 0.5) is 0 Å². The lowest BCUT2D eigenvalue weighted by atomic mass is 10.2. The molecular weight excluding hydrogens is 242 g/mol. The molecule has 2 rings (SSSR count). The Morgan fingerprint density at radius 3 is 3.00 bits per heavy atom. The maximum Gasteiger partial charge on any atom is 0.138 e. The molecule has 0 radical (unpaired) electrons. The third-order valence-corrected chi connectivity index (χ3v) is 4.51. The second-order valence-electron chi connectivity index (χ2n) is 4.66. The second kappa shape index (κ2) is 6.25. The Kier molecular flexibility index (Phi) is 4.66. The number of aromatic nitrogens is 2. The minimum atomic E-state index is 0.666. The van der Waals surface area contributed by atoms with E-state index in [0.717, 1.165) is 28.8 Å². The monoisotopic (exact) mass is 263 g/mol. The Labute approximate surface area is 113 Å². The molecule has 2 N–H and O–H groups in total. The van der Waals surface area contributed by atoms with Crippen LogP contribution in [-0.2, 0) is 6.42 Å². The van der Waals surface area contributed by atoms with Gasteiger partial charge in [0, 0.05) is 18.4 Å². The second-order valence-corrected chi connectivity index (χ2v) is 5.66. The van der Waals surface area contributed by atoms with Gasteiger partial charge in [0.1, 0.15) is 10.7 Å². The number of nitrogens with zero attached hydrogens (tertiary/aromatic N) is 2. The van der Waals surface area contributed by atoms with Crippen LogP contribution in [0.25, 0.3) is 5.65 Å². The molecule has 2 aromatic heterocycles. The van der Waals surface area contributed by atoms with Gasteiger partial charge in [0.15, 0.2) is 0 Å². The van der Waals surface area contributed by atoms with E-state index >= 15 is 0 Å². The predicted octanol–water partition coefficient (Wildman–Crippen LogP) is 2.97. The van der Waals surface area contributed by atoms with E-state index in [1.165, 1.54) is 12.1 Å². The van der Waals surface area contributed by atoms with E-state index in [1.807, 2.05) is 30.0 Å². The van der Waals surface area contributed by atoms with Crippen LogP contribution in [0.1, 0.15) is 26.0 Å². The number of pyridine rings is 1. The summed E-state index contributed by atoms with van der Waals surface area (Å²) in [6.07, 6.45) is 4.17. The molecule has 0 aliphatic rings. The number of hydrogen-bond acceptors (Lipinski definition) is 3. The van der Waals surface area contributed by atoms with Gasteiger partial charge in [-0.1, -0.05) is 26.3 Å². The highest BCUT2D eigenvalue weighted by molar-refractivity contribution is 7.99. The number of rotatable bonds is 6. The van der Waals surface area contributed by atoms with Gasteiger partial charge >= 0.3 is 0 Å². The zero-order valence-electron chi connectivity index (χ0n) is 11.1. The number of hydrogen-bond donors (Lipinski definition) is 1. The molecule has 0 amide bonds. The minimum Gasteiger partial charge on any atom is -0.330 e. The number of nitrogens with two attached hydrogens (primary N) is 1. The summed E-state index contributed by atoms with van der Waals surface area (Å²) in [5.41, 5.74) is 7.98. The molecule has 1 unspecified atom stereocenters. The van der Waals surface area contributed by atoms with Gasteiger partial charge in [0.25, 0.3) is 0 Å². The SMILES string of the molecule is CCC(C)CSc1nc2ccccn2c1CCN. The molecule has 2 aromatic rings. The van der Waals surface area contributed by atoms with Crippen LogP contribution < -0.4 is 5.73 Å². The largest absolute Gasteiger partial charge is 0.330 e. The van der Waals surface area contributed by atoms with Crippen LogP contribution >= 0.6 is 11.8 Å². The first-order chi connectivity index (χ1) is 8.76. The Morgan fingerprint density at radius 2 is 2.28 bits per heavy atom. The quantitative estimate of drug-likeness (QED) is 0.815. The summed E-state index contributed by atoms with van der Waals surface area (Å²) in [6.45, 7) is 5.18. The zero-order chi connectivity index (χ0) is 13.0. The molecule has 18 heavy (non-hydrogen) atoms. The fourth-order valence-corrected chi connectivity index (χ4v) is 3.05. The van der Waals surface area contributed by atoms with Crippen LogP contribution in [0, 0.1) is 5.92 Å². The molecule has 0 aromatic carbocycles. The van der Waals surface area contributed by atoms with Crippen molar-refractivity contribution in [3.63, 3.8) is 0 Å². The summed E-state index contributed by atoms with van der Waals surface area (Å²) in [5.74, 6) is 1.85. The van der Waals surface area contributed by atoms with E-state index in [2.05, 4.69) is 24.4 Å². The van der Waals surface area contributed by atoms with Crippen molar-refractivity contribution in [1.82, 2.24) is 9.38 Å². The van der Waals surface area contributed by atoms with Crippen LogP contribution in [0.2, 0.25) is 0 Å². The van der Waals surface area contributed by atoms with Crippen molar-refractivity contribution in [2.45, 2.75) is 31.7 Å². The lowest BCUT2D eigenvalue weighted by Gasteiger charge is -2.07. The summed E-state index contributed by atoms with van der Waals surface area (Å²) in [6, 6.07) is 6.11. The van der Waals surface area contributed by atoms with Gasteiger partial charge in [-0.25, -0.2) is 4.98 Å². The molecule has 0 saturated carbocycles. The van der Waals surface area contributed by atoms with Crippen molar-refractivity contribution >= 4 is 17.4 Å². The molecule has 0 bridgehead atoms. The van der Waals surface area contributed by atoms with Crippen molar-refractivity contribution in [2.24, 2.45) is 11.7 Å². The van der Waals surface area contributed by atoms with Crippen molar-refractivity contribution < 1.29 is 0 Å². The Morgan fingerprint density at radius 1 is 1.44 bits per heavy atom. The summed E-state index contributed by atoms with van der Waals surface area (Å²) >= 11 is 1.86. The number of fused-ring (bicyclic) bond motifs is 1. The Balaban J connectivity index is 2.27. The van der Waals surface area contributed by atoms with Gasteiger partial charge in [0.05, 0.1) is 5.69 Å². The standard InChI is InChI=1S/C14H21N3S/c1-3-11(2)10-18-14-12(7-8-15)17-9-5-4-6-13(17)16-14/h4-6,9,11H,3,7-8,10,15H2,1-2H3. The van der Waals surface area contributed by atoms with E-state index in [-0.39, 0.29) is 0 Å². The molecule has 0 saturated heterocycles. The molecule has 1 atom stereocenters. The fraction of sp³-hybridized carbons (Fsp3) is 0.500. The highest BCUT2D eigenvalue weighted by Gasteiger charge is 2.12. The fourth-order valence-electron chi connectivity index (χ4n) is 1.84. The molecule has 3 nitrogen and oxygen atoms in total. The van der Waals surface area contributed by atoms with E-state index in [1.54, 1.807) is 0 Å². The Hall–Kier alpha value is -1.00. The van der Waals surface area contributed by atoms with Crippen LogP contribution in [0.15, 0.2) is 29.4 Å². The third-order valence-electron chi connectivity index (χ3n) is 3.17. The maximum absolute atomic E-state index is 5.71. The zero-order valence-corrected chi connectivity index (χ0v) is 11.9. The molecule has 0 fully saturated rings. The summed E-state index contributed by atoms with van der Waals surface area (Å²) < 4.78 is 2.16. The first kappa shape index (κ1) is 13.4. The topological polar surface area (TPSA) is 43.3 Å². The first-order valence-corrected chi connectivity index (χ1v) is 7.53. The highest BCUT2D eigenvalue weighted by atomic mass is 32.2. The summed E-state index contributed by atoms with van der Waals surface area (Å²) in [7, 11) is 0. The van der Waals surface area contributed by atoms with Gasteiger partial charge in [-0.05, 0) is 24.6 Å². The maximum atomic E-state index is 5.71. The highest BCUT2D eigenvalue weighted by Crippen LogP contribution is 2.26. The van der Waals surface area contributed by atoms with E-state index in [9.17, 15) is 0 Å². The van der Waals surface area contributed by atoms with Crippen molar-refractivity contribution in [3.8, 4) is 0 Å². The van der Waals surface area contributed by atoms with Gasteiger partial charge in [-0.15, -0.1) is 11.8 Å². The van der Waals surface area contributed by atoms with Crippen molar-refractivity contribution in [3.05, 3.63) is 30.1 Å². The molecule has 4 heteroatoms. The van der Waals surface area contributed by atoms with Gasteiger partial charge < -0.3 is 10.1 Å². The van der Waals surface area contributed by atoms with Crippen molar-refractivity contribution in [1.29, 1.82) is 0 Å². The smallest absolute Gasteiger partial charge is 0.138 e. The van der Waals surface area contributed by atoms with Crippen molar-refractivity contribution in [2.75, 3.05) is 12.3 Å². The average molecular weight is 263 g/mol. The van der Waals surface area contributed by atoms with Gasteiger partial charge in [-0.2, -0.15) is 0 Å². The summed E-state index contributed by atoms with van der Waals surface area (Å²) in [4.78, 5) is 4.71. The molecule has 0 aliphatic carbocycles. The molecular formula is C14H21N3S. The lowest BCUT2D eigenvalue weighted by molar-refractivity contribution is 0.636. The number of imidazole rings is 1. The van der Waals surface area contributed by atoms with Crippen LogP contribution in [0.5, 0.6) is 0 Å². The molecule has 0 spiro atoms. The van der Waals surface area contributed by atoms with E-state index < -0.39 is 0 Å². The minimum absolute atomic E-state index is 0.666. The summed E-state index contributed by atoms with van der Waals surface area (Å²) in [5, 5.41) is 1.15. The van der Waals surface area contributed by atoms with Gasteiger partial charge in [-0.3, -0.25) is 0 Å². The van der Waals surface area contributed by atoms with E-state index in [4.69, 9.17) is 10.7 Å². The van der Waals surface area contributed by atoms with Crippen LogP contribution in [-0.4, -0.2) is 21.7 Å². The Bertz CT molecular complexity index is 507. The molecule has 2 heterocycles. The average Bonchev–Trinajstić information content (AvgIpc) is 2.75. The number of thioether (sulfide) groups is 1. The normalized spacial score (nSPS) is 13.1. The molecule has 0 aliphatic heterocycles. The van der Waals surface area contributed by atoms with Gasteiger partial charge in [0.2, 0.25) is 0 Å². The first-order valence-electron chi connectivity index (χ1n) is 6.55. The predicted molar refractivity (Wildman–Crippen MR) is 78.1 cm³/mol. The van der Waals surface area contributed by atoms with Crippen LogP contribution in [0.3, 0.4) is 0 Å².